The molecule has 27 heavy (non-hydrogen) atoms. The van der Waals surface area contributed by atoms with E-state index in [4.69, 9.17) is 23.1 Å². The molecule has 0 saturated carbocycles. The number of aryl methyl sites for hydroxylation is 1. The SMILES string of the molecule is Cc1cccc(CN2C(N)c3ccccc3N(c3cccc(Cl)c3)C2N)c1. The van der Waals surface area contributed by atoms with E-state index in [1.807, 2.05) is 36.4 Å². The quantitative estimate of drug-likeness (QED) is 0.704. The summed E-state index contributed by atoms with van der Waals surface area (Å²) < 4.78 is 0. The molecular formula is C22H23ClN4. The number of nitrogens with zero attached hydrogens (tertiary/aromatic N) is 2. The molecule has 138 valence electrons. The van der Waals surface area contributed by atoms with E-state index in [0.29, 0.717) is 11.6 Å². The molecule has 0 aromatic heterocycles. The number of hydrogen-bond acceptors (Lipinski definition) is 4. The fourth-order valence-corrected chi connectivity index (χ4v) is 3.91. The second-order valence-electron chi connectivity index (χ2n) is 6.93. The van der Waals surface area contributed by atoms with Crippen molar-refractivity contribution in [3.63, 3.8) is 0 Å². The van der Waals surface area contributed by atoms with Crippen LogP contribution in [-0.2, 0) is 6.54 Å². The van der Waals surface area contributed by atoms with Crippen LogP contribution < -0.4 is 16.4 Å². The van der Waals surface area contributed by atoms with Crippen LogP contribution in [-0.4, -0.2) is 11.2 Å². The molecule has 3 aromatic carbocycles. The van der Waals surface area contributed by atoms with E-state index in [2.05, 4.69) is 53.1 Å². The molecule has 0 fully saturated rings. The van der Waals surface area contributed by atoms with Gasteiger partial charge in [-0.1, -0.05) is 65.7 Å². The number of para-hydroxylation sites is 1. The van der Waals surface area contributed by atoms with Gasteiger partial charge in [0.25, 0.3) is 0 Å². The zero-order valence-corrected chi connectivity index (χ0v) is 16.0. The minimum Gasteiger partial charge on any atom is -0.312 e. The molecule has 0 aliphatic carbocycles. The second-order valence-corrected chi connectivity index (χ2v) is 7.36. The zero-order valence-electron chi connectivity index (χ0n) is 15.2. The van der Waals surface area contributed by atoms with Crippen molar-refractivity contribution in [2.75, 3.05) is 4.90 Å². The van der Waals surface area contributed by atoms with Gasteiger partial charge in [-0.15, -0.1) is 0 Å². The summed E-state index contributed by atoms with van der Waals surface area (Å²) in [6, 6.07) is 24.3. The van der Waals surface area contributed by atoms with Crippen molar-refractivity contribution in [2.24, 2.45) is 11.5 Å². The molecule has 0 radical (unpaired) electrons. The molecule has 4 rings (SSSR count). The molecule has 2 atom stereocenters. The predicted octanol–water partition coefficient (Wildman–Crippen LogP) is 4.50. The van der Waals surface area contributed by atoms with Crippen LogP contribution in [0, 0.1) is 6.92 Å². The molecule has 0 spiro atoms. The van der Waals surface area contributed by atoms with E-state index in [1.54, 1.807) is 0 Å². The van der Waals surface area contributed by atoms with Crippen LogP contribution in [0.1, 0.15) is 22.9 Å². The van der Waals surface area contributed by atoms with Crippen LogP contribution in [0.5, 0.6) is 0 Å². The molecule has 1 aliphatic heterocycles. The van der Waals surface area contributed by atoms with Gasteiger partial charge in [0.15, 0.2) is 0 Å². The van der Waals surface area contributed by atoms with Gasteiger partial charge in [-0.2, -0.15) is 0 Å². The van der Waals surface area contributed by atoms with Gasteiger partial charge in [0.05, 0.1) is 6.17 Å². The van der Waals surface area contributed by atoms with Crippen molar-refractivity contribution in [3.05, 3.63) is 94.5 Å². The van der Waals surface area contributed by atoms with Gasteiger partial charge in [0.1, 0.15) is 6.29 Å². The average molecular weight is 379 g/mol. The largest absolute Gasteiger partial charge is 0.312 e. The van der Waals surface area contributed by atoms with Crippen LogP contribution in [0.2, 0.25) is 5.02 Å². The predicted molar refractivity (Wildman–Crippen MR) is 112 cm³/mol. The molecule has 4 N–H and O–H groups in total. The van der Waals surface area contributed by atoms with Gasteiger partial charge in [-0.25, -0.2) is 4.90 Å². The van der Waals surface area contributed by atoms with Crippen LogP contribution in [0.3, 0.4) is 0 Å². The third kappa shape index (κ3) is 3.45. The molecule has 2 unspecified atom stereocenters. The third-order valence-electron chi connectivity index (χ3n) is 5.01. The summed E-state index contributed by atoms with van der Waals surface area (Å²) in [4.78, 5) is 4.21. The number of halogens is 1. The van der Waals surface area contributed by atoms with Crippen molar-refractivity contribution >= 4 is 23.0 Å². The topological polar surface area (TPSA) is 58.5 Å². The zero-order chi connectivity index (χ0) is 19.0. The minimum absolute atomic E-state index is 0.285. The van der Waals surface area contributed by atoms with Gasteiger partial charge in [0, 0.05) is 28.5 Å². The summed E-state index contributed by atoms with van der Waals surface area (Å²) in [6.07, 6.45) is -0.693. The van der Waals surface area contributed by atoms with Gasteiger partial charge < -0.3 is 10.6 Å². The Hall–Kier alpha value is -2.37. The van der Waals surface area contributed by atoms with Crippen LogP contribution in [0.4, 0.5) is 11.4 Å². The van der Waals surface area contributed by atoms with E-state index >= 15 is 0 Å². The van der Waals surface area contributed by atoms with Gasteiger partial charge in [-0.3, -0.25) is 5.73 Å². The highest BCUT2D eigenvalue weighted by Gasteiger charge is 2.36. The second kappa shape index (κ2) is 7.33. The summed E-state index contributed by atoms with van der Waals surface area (Å²) in [5.41, 5.74) is 18.8. The van der Waals surface area contributed by atoms with E-state index in [9.17, 15) is 0 Å². The first-order valence-corrected chi connectivity index (χ1v) is 9.38. The van der Waals surface area contributed by atoms with Crippen LogP contribution >= 0.6 is 11.6 Å². The van der Waals surface area contributed by atoms with Crippen molar-refractivity contribution < 1.29 is 0 Å². The first kappa shape index (κ1) is 18.0. The summed E-state index contributed by atoms with van der Waals surface area (Å²) in [6.45, 7) is 2.75. The molecule has 3 aromatic rings. The first-order chi connectivity index (χ1) is 13.0. The van der Waals surface area contributed by atoms with Crippen molar-refractivity contribution in [1.29, 1.82) is 0 Å². The maximum Gasteiger partial charge on any atom is 0.141 e. The fraction of sp³-hybridized carbons (Fsp3) is 0.182. The summed E-state index contributed by atoms with van der Waals surface area (Å²) in [7, 11) is 0. The summed E-state index contributed by atoms with van der Waals surface area (Å²) in [5.74, 6) is 0. The van der Waals surface area contributed by atoms with Gasteiger partial charge >= 0.3 is 0 Å². The van der Waals surface area contributed by atoms with E-state index in [0.717, 1.165) is 16.9 Å². The molecule has 4 nitrogen and oxygen atoms in total. The van der Waals surface area contributed by atoms with Gasteiger partial charge in [-0.05, 0) is 36.8 Å². The monoisotopic (exact) mass is 378 g/mol. The van der Waals surface area contributed by atoms with E-state index in [-0.39, 0.29) is 6.17 Å². The number of rotatable bonds is 3. The van der Waals surface area contributed by atoms with E-state index < -0.39 is 6.29 Å². The number of hydrogen-bond donors (Lipinski definition) is 2. The van der Waals surface area contributed by atoms with Crippen LogP contribution in [0.25, 0.3) is 0 Å². The summed E-state index contributed by atoms with van der Waals surface area (Å²) in [5, 5.41) is 0.678. The van der Waals surface area contributed by atoms with Crippen LogP contribution in [0.15, 0.2) is 72.8 Å². The number of anilines is 2. The average Bonchev–Trinajstić information content (AvgIpc) is 2.65. The van der Waals surface area contributed by atoms with Crippen molar-refractivity contribution in [1.82, 2.24) is 4.90 Å². The molecule has 1 aliphatic rings. The Kier molecular flexibility index (Phi) is 4.89. The smallest absolute Gasteiger partial charge is 0.141 e. The molecule has 0 bridgehead atoms. The highest BCUT2D eigenvalue weighted by molar-refractivity contribution is 6.30. The van der Waals surface area contributed by atoms with Crippen molar-refractivity contribution in [3.8, 4) is 0 Å². The molecular weight excluding hydrogens is 356 g/mol. The lowest BCUT2D eigenvalue weighted by molar-refractivity contribution is 0.121. The molecule has 1 heterocycles. The Bertz CT molecular complexity index is 958. The van der Waals surface area contributed by atoms with Gasteiger partial charge in [0.2, 0.25) is 0 Å². The Balaban J connectivity index is 1.78. The number of nitrogens with two attached hydrogens (primary N) is 2. The lowest BCUT2D eigenvalue weighted by atomic mass is 10.0. The standard InChI is InChI=1S/C22H23ClN4/c1-15-6-4-7-16(12-15)14-26-21(24)19-10-2-3-11-20(19)27(22(26)25)18-9-5-8-17(23)13-18/h2-13,21-22H,14,24-25H2,1H3. The number of fused-ring (bicyclic) bond motifs is 1. The van der Waals surface area contributed by atoms with E-state index in [1.165, 1.54) is 11.1 Å². The minimum atomic E-state index is -0.408. The Morgan fingerprint density at radius 2 is 1.70 bits per heavy atom. The molecule has 0 amide bonds. The maximum absolute atomic E-state index is 6.73. The Morgan fingerprint density at radius 3 is 2.48 bits per heavy atom. The fourth-order valence-electron chi connectivity index (χ4n) is 3.72. The maximum atomic E-state index is 6.73. The third-order valence-corrected chi connectivity index (χ3v) is 5.25. The molecule has 5 heteroatoms. The first-order valence-electron chi connectivity index (χ1n) is 9.01. The molecule has 0 saturated heterocycles. The highest BCUT2D eigenvalue weighted by Crippen LogP contribution is 2.40. The van der Waals surface area contributed by atoms with Crippen molar-refractivity contribution in [2.45, 2.75) is 25.9 Å². The number of benzene rings is 3. The lowest BCUT2D eigenvalue weighted by Crippen LogP contribution is -2.58. The Morgan fingerprint density at radius 1 is 0.926 bits per heavy atom. The summed E-state index contributed by atoms with van der Waals surface area (Å²) >= 11 is 6.25. The Labute approximate surface area is 165 Å². The highest BCUT2D eigenvalue weighted by atomic mass is 35.5. The lowest BCUT2D eigenvalue weighted by Gasteiger charge is -2.47. The normalized spacial score (nSPS) is 19.8.